The Morgan fingerprint density at radius 1 is 1.26 bits per heavy atom. The van der Waals surface area contributed by atoms with Crippen molar-refractivity contribution >= 4 is 5.97 Å². The molecule has 1 heterocycles. The standard InChI is InChI=1S/C16H29NO2/c1-11(2)13-10-15(19-16(13)18)14(17)9-8-12-6-4-3-5-7-12/h11-15H,3-10,17H2,1-2H3/t13-,14-,15-/m0/s1. The van der Waals surface area contributed by atoms with Crippen molar-refractivity contribution in [3.8, 4) is 0 Å². The van der Waals surface area contributed by atoms with Crippen LogP contribution in [-0.2, 0) is 9.53 Å². The second kappa shape index (κ2) is 6.74. The Morgan fingerprint density at radius 3 is 2.53 bits per heavy atom. The lowest BCUT2D eigenvalue weighted by atomic mass is 9.84. The Bertz CT molecular complexity index is 297. The first-order valence-electron chi connectivity index (χ1n) is 8.04. The highest BCUT2D eigenvalue weighted by Gasteiger charge is 2.39. The van der Waals surface area contributed by atoms with E-state index < -0.39 is 0 Å². The molecule has 0 amide bonds. The summed E-state index contributed by atoms with van der Waals surface area (Å²) in [7, 11) is 0. The van der Waals surface area contributed by atoms with E-state index in [2.05, 4.69) is 13.8 Å². The van der Waals surface area contributed by atoms with Gasteiger partial charge in [-0.1, -0.05) is 46.0 Å². The predicted octanol–water partition coefficient (Wildman–Crippen LogP) is 3.26. The van der Waals surface area contributed by atoms with E-state index in [-0.39, 0.29) is 24.0 Å². The van der Waals surface area contributed by atoms with Crippen LogP contribution in [0.15, 0.2) is 0 Å². The molecule has 0 aromatic heterocycles. The summed E-state index contributed by atoms with van der Waals surface area (Å²) in [5.41, 5.74) is 6.24. The first-order valence-corrected chi connectivity index (χ1v) is 8.04. The summed E-state index contributed by atoms with van der Waals surface area (Å²) >= 11 is 0. The van der Waals surface area contributed by atoms with Gasteiger partial charge in [0.15, 0.2) is 0 Å². The van der Waals surface area contributed by atoms with E-state index in [4.69, 9.17) is 10.5 Å². The summed E-state index contributed by atoms with van der Waals surface area (Å²) in [6, 6.07) is 0.0367. The zero-order valence-electron chi connectivity index (χ0n) is 12.4. The Hall–Kier alpha value is -0.570. The van der Waals surface area contributed by atoms with Gasteiger partial charge in [-0.2, -0.15) is 0 Å². The fourth-order valence-corrected chi connectivity index (χ4v) is 3.53. The highest BCUT2D eigenvalue weighted by Crippen LogP contribution is 2.32. The summed E-state index contributed by atoms with van der Waals surface area (Å²) < 4.78 is 5.47. The Morgan fingerprint density at radius 2 is 1.95 bits per heavy atom. The third-order valence-corrected chi connectivity index (χ3v) is 4.97. The third kappa shape index (κ3) is 3.95. The topological polar surface area (TPSA) is 52.3 Å². The molecule has 0 spiro atoms. The third-order valence-electron chi connectivity index (χ3n) is 4.97. The number of carbonyl (C=O) groups is 1. The van der Waals surface area contributed by atoms with Crippen LogP contribution in [0, 0.1) is 17.8 Å². The number of carbonyl (C=O) groups excluding carboxylic acids is 1. The van der Waals surface area contributed by atoms with Gasteiger partial charge in [0.2, 0.25) is 0 Å². The van der Waals surface area contributed by atoms with E-state index in [9.17, 15) is 4.79 Å². The molecule has 0 unspecified atom stereocenters. The molecule has 1 saturated heterocycles. The first-order chi connectivity index (χ1) is 9.08. The summed E-state index contributed by atoms with van der Waals surface area (Å²) in [4.78, 5) is 11.8. The molecule has 0 aromatic rings. The maximum Gasteiger partial charge on any atom is 0.309 e. The molecule has 19 heavy (non-hydrogen) atoms. The van der Waals surface area contributed by atoms with Crippen molar-refractivity contribution in [1.29, 1.82) is 0 Å². The SMILES string of the molecule is CC(C)[C@@H]1C[C@@H]([C@@H](N)CCC2CCCCC2)OC1=O. The maximum absolute atomic E-state index is 11.8. The second-order valence-corrected chi connectivity index (χ2v) is 6.81. The molecule has 2 rings (SSSR count). The molecule has 1 saturated carbocycles. The molecule has 3 atom stereocenters. The van der Waals surface area contributed by atoms with Gasteiger partial charge in [0.05, 0.1) is 5.92 Å². The predicted molar refractivity (Wildman–Crippen MR) is 76.6 cm³/mol. The lowest BCUT2D eigenvalue weighted by molar-refractivity contribution is -0.145. The molecule has 2 N–H and O–H groups in total. The minimum Gasteiger partial charge on any atom is -0.460 e. The highest BCUT2D eigenvalue weighted by molar-refractivity contribution is 5.75. The molecule has 2 fully saturated rings. The molecule has 2 aliphatic rings. The van der Waals surface area contributed by atoms with Crippen molar-refractivity contribution < 1.29 is 9.53 Å². The molecule has 110 valence electrons. The molecule has 3 heteroatoms. The van der Waals surface area contributed by atoms with Gasteiger partial charge in [-0.25, -0.2) is 0 Å². The summed E-state index contributed by atoms with van der Waals surface area (Å²) in [6.07, 6.45) is 9.90. The van der Waals surface area contributed by atoms with Crippen molar-refractivity contribution in [2.75, 3.05) is 0 Å². The summed E-state index contributed by atoms with van der Waals surface area (Å²) in [5, 5.41) is 0. The Kier molecular flexibility index (Phi) is 5.26. The molecular formula is C16H29NO2. The number of hydrogen-bond acceptors (Lipinski definition) is 3. The normalized spacial score (nSPS) is 30.6. The van der Waals surface area contributed by atoms with Gasteiger partial charge in [-0.15, -0.1) is 0 Å². The van der Waals surface area contributed by atoms with Crippen LogP contribution in [0.25, 0.3) is 0 Å². The van der Waals surface area contributed by atoms with Gasteiger partial charge in [-0.05, 0) is 31.1 Å². The van der Waals surface area contributed by atoms with E-state index in [0.29, 0.717) is 5.92 Å². The summed E-state index contributed by atoms with van der Waals surface area (Å²) in [5.74, 6) is 1.25. The zero-order chi connectivity index (χ0) is 13.8. The van der Waals surface area contributed by atoms with Crippen LogP contribution in [0.3, 0.4) is 0 Å². The lowest BCUT2D eigenvalue weighted by Gasteiger charge is -2.24. The number of esters is 1. The van der Waals surface area contributed by atoms with Crippen molar-refractivity contribution in [2.24, 2.45) is 23.5 Å². The van der Waals surface area contributed by atoms with Crippen molar-refractivity contribution in [1.82, 2.24) is 0 Å². The quantitative estimate of drug-likeness (QED) is 0.778. The van der Waals surface area contributed by atoms with Gasteiger partial charge in [0.1, 0.15) is 6.10 Å². The van der Waals surface area contributed by atoms with E-state index in [1.807, 2.05) is 0 Å². The summed E-state index contributed by atoms with van der Waals surface area (Å²) in [6.45, 7) is 4.17. The highest BCUT2D eigenvalue weighted by atomic mass is 16.6. The molecule has 0 aromatic carbocycles. The molecule has 1 aliphatic carbocycles. The van der Waals surface area contributed by atoms with Crippen LogP contribution in [0.2, 0.25) is 0 Å². The average Bonchev–Trinajstić information content (AvgIpc) is 2.79. The van der Waals surface area contributed by atoms with Crippen LogP contribution in [0.4, 0.5) is 0 Å². The number of nitrogens with two attached hydrogens (primary N) is 1. The lowest BCUT2D eigenvalue weighted by Crippen LogP contribution is -2.35. The fraction of sp³-hybridized carbons (Fsp3) is 0.938. The van der Waals surface area contributed by atoms with E-state index in [1.165, 1.54) is 38.5 Å². The van der Waals surface area contributed by atoms with Crippen LogP contribution >= 0.6 is 0 Å². The van der Waals surface area contributed by atoms with Crippen LogP contribution in [0.1, 0.15) is 65.2 Å². The second-order valence-electron chi connectivity index (χ2n) is 6.81. The van der Waals surface area contributed by atoms with Crippen LogP contribution in [0.5, 0.6) is 0 Å². The van der Waals surface area contributed by atoms with Gasteiger partial charge in [0, 0.05) is 6.04 Å². The molecule has 0 bridgehead atoms. The van der Waals surface area contributed by atoms with E-state index >= 15 is 0 Å². The Labute approximate surface area is 117 Å². The minimum atomic E-state index is -0.0384. The largest absolute Gasteiger partial charge is 0.460 e. The Balaban J connectivity index is 1.74. The molecule has 0 radical (unpaired) electrons. The van der Waals surface area contributed by atoms with E-state index in [1.54, 1.807) is 0 Å². The first kappa shape index (κ1) is 14.8. The van der Waals surface area contributed by atoms with E-state index in [0.717, 1.165) is 18.8 Å². The molecule has 3 nitrogen and oxygen atoms in total. The molecule has 1 aliphatic heterocycles. The fourth-order valence-electron chi connectivity index (χ4n) is 3.53. The zero-order valence-corrected chi connectivity index (χ0v) is 12.4. The van der Waals surface area contributed by atoms with Gasteiger partial charge in [0.25, 0.3) is 0 Å². The minimum absolute atomic E-state index is 0.0342. The smallest absolute Gasteiger partial charge is 0.309 e. The maximum atomic E-state index is 11.8. The number of hydrogen-bond donors (Lipinski definition) is 1. The van der Waals surface area contributed by atoms with Crippen molar-refractivity contribution in [2.45, 2.75) is 77.4 Å². The molecular weight excluding hydrogens is 238 g/mol. The van der Waals surface area contributed by atoms with Gasteiger partial charge < -0.3 is 10.5 Å². The number of cyclic esters (lactones) is 1. The van der Waals surface area contributed by atoms with Crippen LogP contribution in [-0.4, -0.2) is 18.1 Å². The number of rotatable bonds is 5. The number of ether oxygens (including phenoxy) is 1. The van der Waals surface area contributed by atoms with Crippen molar-refractivity contribution in [3.63, 3.8) is 0 Å². The average molecular weight is 267 g/mol. The van der Waals surface area contributed by atoms with Gasteiger partial charge in [-0.3, -0.25) is 4.79 Å². The van der Waals surface area contributed by atoms with Gasteiger partial charge >= 0.3 is 5.97 Å². The van der Waals surface area contributed by atoms with Crippen molar-refractivity contribution in [3.05, 3.63) is 0 Å². The van der Waals surface area contributed by atoms with Crippen LogP contribution < -0.4 is 5.73 Å². The monoisotopic (exact) mass is 267 g/mol.